The zero-order chi connectivity index (χ0) is 15.0. The van der Waals surface area contributed by atoms with Crippen LogP contribution >= 0.6 is 11.6 Å². The highest BCUT2D eigenvalue weighted by atomic mass is 35.5. The predicted molar refractivity (Wildman–Crippen MR) is 79.8 cm³/mol. The van der Waals surface area contributed by atoms with Crippen molar-refractivity contribution in [3.8, 4) is 0 Å². The Labute approximate surface area is 128 Å². The number of hydrogen-bond donors (Lipinski definition) is 1. The third kappa shape index (κ3) is 2.89. The first kappa shape index (κ1) is 14.4. The Morgan fingerprint density at radius 2 is 1.95 bits per heavy atom. The van der Waals surface area contributed by atoms with E-state index in [1.165, 1.54) is 0 Å². The van der Waals surface area contributed by atoms with Crippen LogP contribution in [0.1, 0.15) is 12.5 Å². The summed E-state index contributed by atoms with van der Waals surface area (Å²) in [7, 11) is 0. The van der Waals surface area contributed by atoms with Crippen molar-refractivity contribution in [1.82, 2.24) is 15.1 Å². The molecule has 2 heterocycles. The van der Waals surface area contributed by atoms with Gasteiger partial charge in [-0.2, -0.15) is 0 Å². The van der Waals surface area contributed by atoms with E-state index in [0.29, 0.717) is 13.1 Å². The van der Waals surface area contributed by atoms with Crippen molar-refractivity contribution in [2.24, 2.45) is 0 Å². The Morgan fingerprint density at radius 1 is 1.24 bits per heavy atom. The molecule has 3 rings (SSSR count). The van der Waals surface area contributed by atoms with Crippen molar-refractivity contribution in [1.29, 1.82) is 0 Å². The standard InChI is InChI=1S/C15H18ClN3O2/c1-10-15(21)19-7-6-18(9-13(19)14(20)17-10)8-11-2-4-12(16)5-3-11/h2-5,10,13H,6-9H2,1H3,(H,17,20)/t10-,13+/m0/s1. The van der Waals surface area contributed by atoms with Crippen molar-refractivity contribution in [2.45, 2.75) is 25.6 Å². The highest BCUT2D eigenvalue weighted by molar-refractivity contribution is 6.30. The number of nitrogens with zero attached hydrogens (tertiary/aromatic N) is 2. The van der Waals surface area contributed by atoms with Crippen molar-refractivity contribution < 1.29 is 9.59 Å². The number of nitrogens with one attached hydrogen (secondary N) is 1. The van der Waals surface area contributed by atoms with Gasteiger partial charge in [-0.3, -0.25) is 14.5 Å². The molecule has 0 unspecified atom stereocenters. The Balaban J connectivity index is 1.68. The molecule has 0 spiro atoms. The number of piperazine rings is 2. The quantitative estimate of drug-likeness (QED) is 0.882. The second-order valence-corrected chi connectivity index (χ2v) is 6.08. The number of rotatable bonds is 2. The number of amides is 2. The highest BCUT2D eigenvalue weighted by Gasteiger charge is 2.41. The Hall–Kier alpha value is -1.59. The van der Waals surface area contributed by atoms with Gasteiger partial charge in [0.1, 0.15) is 12.1 Å². The van der Waals surface area contributed by atoms with Crippen molar-refractivity contribution in [3.63, 3.8) is 0 Å². The smallest absolute Gasteiger partial charge is 0.245 e. The molecule has 1 aromatic rings. The van der Waals surface area contributed by atoms with Crippen molar-refractivity contribution >= 4 is 23.4 Å². The third-order valence-corrected chi connectivity index (χ3v) is 4.35. The van der Waals surface area contributed by atoms with Crippen LogP contribution in [0, 0.1) is 0 Å². The van der Waals surface area contributed by atoms with E-state index in [-0.39, 0.29) is 17.9 Å². The van der Waals surface area contributed by atoms with Gasteiger partial charge in [-0.15, -0.1) is 0 Å². The lowest BCUT2D eigenvalue weighted by Gasteiger charge is -2.44. The molecule has 1 N–H and O–H groups in total. The number of halogens is 1. The summed E-state index contributed by atoms with van der Waals surface area (Å²) in [6.07, 6.45) is 0. The molecule has 5 nitrogen and oxygen atoms in total. The minimum absolute atomic E-state index is 0.0192. The number of fused-ring (bicyclic) bond motifs is 1. The van der Waals surface area contributed by atoms with Crippen LogP contribution in [0.25, 0.3) is 0 Å². The molecular weight excluding hydrogens is 290 g/mol. The molecule has 0 aromatic heterocycles. The first-order valence-electron chi connectivity index (χ1n) is 7.12. The van der Waals surface area contributed by atoms with E-state index in [2.05, 4.69) is 10.2 Å². The summed E-state index contributed by atoms with van der Waals surface area (Å²) >= 11 is 5.88. The normalized spacial score (nSPS) is 26.5. The molecule has 0 saturated carbocycles. The number of carbonyl (C=O) groups excluding carboxylic acids is 2. The van der Waals surface area contributed by atoms with E-state index in [1.807, 2.05) is 24.3 Å². The third-order valence-electron chi connectivity index (χ3n) is 4.10. The molecule has 2 fully saturated rings. The van der Waals surface area contributed by atoms with Crippen LogP contribution in [0.4, 0.5) is 0 Å². The maximum absolute atomic E-state index is 12.1. The Morgan fingerprint density at radius 3 is 2.67 bits per heavy atom. The van der Waals surface area contributed by atoms with Crippen LogP contribution in [0.15, 0.2) is 24.3 Å². The first-order valence-corrected chi connectivity index (χ1v) is 7.50. The van der Waals surface area contributed by atoms with Crippen LogP contribution in [0.2, 0.25) is 5.02 Å². The molecule has 112 valence electrons. The fraction of sp³-hybridized carbons (Fsp3) is 0.467. The molecule has 6 heteroatoms. The van der Waals surface area contributed by atoms with Gasteiger partial charge in [-0.25, -0.2) is 0 Å². The molecule has 0 radical (unpaired) electrons. The minimum Gasteiger partial charge on any atom is -0.343 e. The van der Waals surface area contributed by atoms with E-state index < -0.39 is 6.04 Å². The number of benzene rings is 1. The fourth-order valence-corrected chi connectivity index (χ4v) is 3.07. The molecule has 0 aliphatic carbocycles. The maximum Gasteiger partial charge on any atom is 0.245 e. The summed E-state index contributed by atoms with van der Waals surface area (Å²) in [5.74, 6) is -0.0337. The van der Waals surface area contributed by atoms with Crippen LogP contribution < -0.4 is 5.32 Å². The molecular formula is C15H18ClN3O2. The maximum atomic E-state index is 12.1. The molecule has 21 heavy (non-hydrogen) atoms. The van der Waals surface area contributed by atoms with Gasteiger partial charge < -0.3 is 10.2 Å². The van der Waals surface area contributed by atoms with Crippen LogP contribution in [-0.4, -0.2) is 53.3 Å². The number of carbonyl (C=O) groups is 2. The van der Waals surface area contributed by atoms with Gasteiger partial charge in [-0.05, 0) is 24.6 Å². The van der Waals surface area contributed by atoms with E-state index in [4.69, 9.17) is 11.6 Å². The topological polar surface area (TPSA) is 52.7 Å². The fourth-order valence-electron chi connectivity index (χ4n) is 2.94. The van der Waals surface area contributed by atoms with E-state index in [1.54, 1.807) is 11.8 Å². The molecule has 2 aliphatic rings. The Kier molecular flexibility index (Phi) is 3.87. The summed E-state index contributed by atoms with van der Waals surface area (Å²) in [4.78, 5) is 28.1. The van der Waals surface area contributed by atoms with Gasteiger partial charge in [-0.1, -0.05) is 23.7 Å². The lowest BCUT2D eigenvalue weighted by Crippen LogP contribution is -2.68. The summed E-state index contributed by atoms with van der Waals surface area (Å²) < 4.78 is 0. The van der Waals surface area contributed by atoms with Crippen LogP contribution in [-0.2, 0) is 16.1 Å². The second kappa shape index (κ2) is 5.66. The lowest BCUT2D eigenvalue weighted by molar-refractivity contribution is -0.152. The van der Waals surface area contributed by atoms with Crippen LogP contribution in [0.3, 0.4) is 0 Å². The van der Waals surface area contributed by atoms with Gasteiger partial charge >= 0.3 is 0 Å². The lowest BCUT2D eigenvalue weighted by atomic mass is 10.0. The zero-order valence-electron chi connectivity index (χ0n) is 11.9. The van der Waals surface area contributed by atoms with Gasteiger partial charge in [0, 0.05) is 31.2 Å². The molecule has 2 amide bonds. The van der Waals surface area contributed by atoms with Crippen LogP contribution in [0.5, 0.6) is 0 Å². The highest BCUT2D eigenvalue weighted by Crippen LogP contribution is 2.18. The summed E-state index contributed by atoms with van der Waals surface area (Å²) in [6, 6.07) is 6.94. The summed E-state index contributed by atoms with van der Waals surface area (Å²) in [6.45, 7) is 4.46. The Bertz CT molecular complexity index is 561. The van der Waals surface area contributed by atoms with Gasteiger partial charge in [0.15, 0.2) is 0 Å². The van der Waals surface area contributed by atoms with E-state index >= 15 is 0 Å². The SMILES string of the molecule is C[C@@H]1NC(=O)[C@H]2CN(Cc3ccc(Cl)cc3)CCN2C1=O. The molecule has 2 aliphatic heterocycles. The average molecular weight is 308 g/mol. The van der Waals surface area contributed by atoms with Crippen molar-refractivity contribution in [3.05, 3.63) is 34.9 Å². The first-order chi connectivity index (χ1) is 10.0. The molecule has 2 saturated heterocycles. The molecule has 0 bridgehead atoms. The van der Waals surface area contributed by atoms with Crippen molar-refractivity contribution in [2.75, 3.05) is 19.6 Å². The predicted octanol–water partition coefficient (Wildman–Crippen LogP) is 0.871. The van der Waals surface area contributed by atoms with Gasteiger partial charge in [0.2, 0.25) is 11.8 Å². The monoisotopic (exact) mass is 307 g/mol. The van der Waals surface area contributed by atoms with E-state index in [0.717, 1.165) is 23.7 Å². The van der Waals surface area contributed by atoms with Gasteiger partial charge in [0.05, 0.1) is 0 Å². The average Bonchev–Trinajstić information content (AvgIpc) is 2.47. The zero-order valence-corrected chi connectivity index (χ0v) is 12.6. The number of hydrogen-bond acceptors (Lipinski definition) is 3. The summed E-state index contributed by atoms with van der Waals surface area (Å²) in [5, 5.41) is 3.46. The van der Waals surface area contributed by atoms with E-state index in [9.17, 15) is 9.59 Å². The second-order valence-electron chi connectivity index (χ2n) is 5.64. The minimum atomic E-state index is -0.406. The largest absolute Gasteiger partial charge is 0.343 e. The van der Waals surface area contributed by atoms with Gasteiger partial charge in [0.25, 0.3) is 0 Å². The molecule has 2 atom stereocenters. The molecule has 1 aromatic carbocycles. The summed E-state index contributed by atoms with van der Waals surface area (Å²) in [5.41, 5.74) is 1.16.